The molecule has 29 heavy (non-hydrogen) atoms. The molecule has 8 heteroatoms. The Bertz CT molecular complexity index is 895. The van der Waals surface area contributed by atoms with Crippen molar-refractivity contribution in [2.45, 2.75) is 26.6 Å². The number of aliphatic imine (C=N–C) groups is 1. The maximum atomic E-state index is 12.8. The fraction of sp³-hybridized carbons (Fsp3) is 0.333. The van der Waals surface area contributed by atoms with Gasteiger partial charge in [0.2, 0.25) is 0 Å². The molecule has 0 aromatic heterocycles. The van der Waals surface area contributed by atoms with E-state index >= 15 is 0 Å². The van der Waals surface area contributed by atoms with E-state index in [1.54, 1.807) is 19.3 Å². The molecule has 0 aliphatic rings. The molecule has 0 saturated heterocycles. The van der Waals surface area contributed by atoms with Crippen LogP contribution in [0.4, 0.5) is 18.9 Å². The Balaban J connectivity index is 2.18. The zero-order valence-electron chi connectivity index (χ0n) is 16.7. The first-order valence-corrected chi connectivity index (χ1v) is 8.92. The molecule has 0 radical (unpaired) electrons. The van der Waals surface area contributed by atoms with Crippen molar-refractivity contribution in [2.24, 2.45) is 4.99 Å². The van der Waals surface area contributed by atoms with Gasteiger partial charge in [0.1, 0.15) is 18.0 Å². The second-order valence-electron chi connectivity index (χ2n) is 6.43. The molecule has 156 valence electrons. The van der Waals surface area contributed by atoms with Crippen molar-refractivity contribution in [2.75, 3.05) is 20.7 Å². The summed E-state index contributed by atoms with van der Waals surface area (Å²) < 4.78 is 48.9. The lowest BCUT2D eigenvalue weighted by molar-refractivity contribution is -0.137. The number of rotatable bonds is 7. The minimum Gasteiger partial charge on any atom is -0.494 e. The van der Waals surface area contributed by atoms with E-state index in [0.717, 1.165) is 18.7 Å². The predicted octanol–water partition coefficient (Wildman–Crippen LogP) is 4.99. The number of alkyl halides is 3. The fourth-order valence-electron chi connectivity index (χ4n) is 2.46. The van der Waals surface area contributed by atoms with Crippen LogP contribution in [0, 0.1) is 6.92 Å². The molecule has 2 aromatic carbocycles. The van der Waals surface area contributed by atoms with Gasteiger partial charge in [-0.2, -0.15) is 13.2 Å². The lowest BCUT2D eigenvalue weighted by Crippen LogP contribution is -2.14. The summed E-state index contributed by atoms with van der Waals surface area (Å²) in [5, 5.41) is 0. The summed E-state index contributed by atoms with van der Waals surface area (Å²) in [6.45, 7) is 4.22. The number of ether oxygens (including phenoxy) is 2. The van der Waals surface area contributed by atoms with Crippen molar-refractivity contribution in [1.82, 2.24) is 4.90 Å². The van der Waals surface area contributed by atoms with Gasteiger partial charge in [-0.15, -0.1) is 0 Å². The van der Waals surface area contributed by atoms with Crippen LogP contribution in [0.25, 0.3) is 0 Å². The zero-order valence-corrected chi connectivity index (χ0v) is 16.7. The van der Waals surface area contributed by atoms with Crippen LogP contribution < -0.4 is 4.74 Å². The summed E-state index contributed by atoms with van der Waals surface area (Å²) in [6.07, 6.45) is -2.80. The zero-order chi connectivity index (χ0) is 21.6. The second kappa shape index (κ2) is 9.45. The Hall–Kier alpha value is -3.03. The standard InChI is InChI=1S/C21H23F3N2O3/c1-5-26(3)13-25-18-9-14(2)17(11-19(18)28-4)20(27)29-12-15-7-6-8-16(10-15)21(22,23)24/h6-11,13H,5,12H2,1-4H3/b25-13+. The van der Waals surface area contributed by atoms with Gasteiger partial charge in [0.25, 0.3) is 0 Å². The van der Waals surface area contributed by atoms with E-state index in [2.05, 4.69) is 4.99 Å². The third-order valence-corrected chi connectivity index (χ3v) is 4.26. The average molecular weight is 408 g/mol. The van der Waals surface area contributed by atoms with Crippen molar-refractivity contribution in [1.29, 1.82) is 0 Å². The number of hydrogen-bond donors (Lipinski definition) is 0. The number of benzene rings is 2. The van der Waals surface area contributed by atoms with Crippen LogP contribution in [0.5, 0.6) is 5.75 Å². The van der Waals surface area contributed by atoms with Crippen LogP contribution in [0.15, 0.2) is 41.4 Å². The number of aryl methyl sites for hydroxylation is 1. The van der Waals surface area contributed by atoms with E-state index in [9.17, 15) is 18.0 Å². The van der Waals surface area contributed by atoms with E-state index in [4.69, 9.17) is 9.47 Å². The molecule has 2 rings (SSSR count). The van der Waals surface area contributed by atoms with Gasteiger partial charge in [-0.25, -0.2) is 9.79 Å². The van der Waals surface area contributed by atoms with E-state index in [1.165, 1.54) is 25.3 Å². The normalized spacial score (nSPS) is 11.6. The first-order valence-electron chi connectivity index (χ1n) is 8.92. The molecule has 0 unspecified atom stereocenters. The Kier molecular flexibility index (Phi) is 7.25. The molecular formula is C21H23F3N2O3. The van der Waals surface area contributed by atoms with Crippen molar-refractivity contribution >= 4 is 18.0 Å². The van der Waals surface area contributed by atoms with Crippen LogP contribution in [0.2, 0.25) is 0 Å². The highest BCUT2D eigenvalue weighted by Crippen LogP contribution is 2.32. The first-order chi connectivity index (χ1) is 13.7. The molecule has 0 N–H and O–H groups in total. The molecule has 0 amide bonds. The number of carbonyl (C=O) groups is 1. The molecule has 0 saturated carbocycles. The summed E-state index contributed by atoms with van der Waals surface area (Å²) in [5.74, 6) is -0.262. The maximum Gasteiger partial charge on any atom is 0.416 e. The Labute approximate surface area is 167 Å². The van der Waals surface area contributed by atoms with E-state index in [0.29, 0.717) is 17.0 Å². The molecule has 0 aliphatic heterocycles. The highest BCUT2D eigenvalue weighted by Gasteiger charge is 2.30. The van der Waals surface area contributed by atoms with Gasteiger partial charge in [-0.05, 0) is 49.2 Å². The summed E-state index contributed by atoms with van der Waals surface area (Å²) >= 11 is 0. The quantitative estimate of drug-likeness (QED) is 0.368. The molecule has 0 bridgehead atoms. The summed E-state index contributed by atoms with van der Waals surface area (Å²) in [7, 11) is 3.34. The monoisotopic (exact) mass is 408 g/mol. The van der Waals surface area contributed by atoms with Crippen molar-refractivity contribution in [3.63, 3.8) is 0 Å². The molecule has 0 spiro atoms. The van der Waals surface area contributed by atoms with Gasteiger partial charge in [-0.3, -0.25) is 0 Å². The highest BCUT2D eigenvalue weighted by molar-refractivity contribution is 5.92. The number of nitrogens with zero attached hydrogens (tertiary/aromatic N) is 2. The summed E-state index contributed by atoms with van der Waals surface area (Å²) in [4.78, 5) is 18.7. The van der Waals surface area contributed by atoms with E-state index in [1.807, 2.05) is 18.9 Å². The minimum atomic E-state index is -4.45. The number of carbonyl (C=O) groups excluding carboxylic acids is 1. The number of methoxy groups -OCH3 is 1. The van der Waals surface area contributed by atoms with Gasteiger partial charge in [-0.1, -0.05) is 12.1 Å². The van der Waals surface area contributed by atoms with E-state index in [-0.39, 0.29) is 17.7 Å². The molecule has 0 heterocycles. The minimum absolute atomic E-state index is 0.251. The summed E-state index contributed by atoms with van der Waals surface area (Å²) in [6, 6.07) is 7.89. The van der Waals surface area contributed by atoms with Crippen LogP contribution in [-0.4, -0.2) is 37.9 Å². The van der Waals surface area contributed by atoms with Crippen LogP contribution in [0.3, 0.4) is 0 Å². The van der Waals surface area contributed by atoms with Crippen molar-refractivity contribution in [3.05, 3.63) is 58.7 Å². The second-order valence-corrected chi connectivity index (χ2v) is 6.43. The SMILES string of the molecule is CCN(C)/C=N/c1cc(C)c(C(=O)OCc2cccc(C(F)(F)F)c2)cc1OC. The maximum absolute atomic E-state index is 12.8. The largest absolute Gasteiger partial charge is 0.494 e. The number of hydrogen-bond acceptors (Lipinski definition) is 4. The van der Waals surface area contributed by atoms with Crippen LogP contribution in [-0.2, 0) is 17.5 Å². The molecular weight excluding hydrogens is 385 g/mol. The van der Waals surface area contributed by atoms with E-state index < -0.39 is 17.7 Å². The van der Waals surface area contributed by atoms with Gasteiger partial charge in [0, 0.05) is 13.6 Å². The van der Waals surface area contributed by atoms with Crippen molar-refractivity contribution in [3.8, 4) is 5.75 Å². The Morgan fingerprint density at radius 2 is 1.97 bits per heavy atom. The smallest absolute Gasteiger partial charge is 0.416 e. The number of halogens is 3. The average Bonchev–Trinajstić information content (AvgIpc) is 2.69. The topological polar surface area (TPSA) is 51.1 Å². The first kappa shape index (κ1) is 22.3. The molecule has 0 atom stereocenters. The molecule has 5 nitrogen and oxygen atoms in total. The van der Waals surface area contributed by atoms with Crippen molar-refractivity contribution < 1.29 is 27.4 Å². The predicted molar refractivity (Wildman–Crippen MR) is 105 cm³/mol. The molecule has 2 aromatic rings. The molecule has 0 fully saturated rings. The number of esters is 1. The molecule has 0 aliphatic carbocycles. The third-order valence-electron chi connectivity index (χ3n) is 4.26. The highest BCUT2D eigenvalue weighted by atomic mass is 19.4. The van der Waals surface area contributed by atoms with Gasteiger partial charge in [0.05, 0.1) is 24.6 Å². The third kappa shape index (κ3) is 5.97. The van der Waals surface area contributed by atoms with Gasteiger partial charge in [0.15, 0.2) is 0 Å². The lowest BCUT2D eigenvalue weighted by atomic mass is 10.1. The van der Waals surface area contributed by atoms with Gasteiger partial charge >= 0.3 is 12.1 Å². The fourth-order valence-corrected chi connectivity index (χ4v) is 2.46. The van der Waals surface area contributed by atoms with Gasteiger partial charge < -0.3 is 14.4 Å². The Morgan fingerprint density at radius 3 is 2.59 bits per heavy atom. The lowest BCUT2D eigenvalue weighted by Gasteiger charge is -2.13. The van der Waals surface area contributed by atoms with Crippen LogP contribution >= 0.6 is 0 Å². The summed E-state index contributed by atoms with van der Waals surface area (Å²) in [5.41, 5.74) is 0.896. The Morgan fingerprint density at radius 1 is 1.24 bits per heavy atom. The van der Waals surface area contributed by atoms with Crippen LogP contribution in [0.1, 0.15) is 34.0 Å².